The molecule has 0 unspecified atom stereocenters. The molecule has 0 atom stereocenters. The molecule has 1 aromatic carbocycles. The van der Waals surface area contributed by atoms with Gasteiger partial charge in [-0.25, -0.2) is 8.42 Å². The van der Waals surface area contributed by atoms with Gasteiger partial charge in [-0.15, -0.1) is 0 Å². The van der Waals surface area contributed by atoms with Gasteiger partial charge in [-0.2, -0.15) is 4.31 Å². The van der Waals surface area contributed by atoms with Crippen LogP contribution in [0, 0.1) is 0 Å². The molecule has 1 aliphatic heterocycles. The Hall–Kier alpha value is -0.950. The molecule has 1 saturated heterocycles. The maximum atomic E-state index is 12.3. The van der Waals surface area contributed by atoms with Gasteiger partial charge in [0.1, 0.15) is 0 Å². The number of morpholine rings is 1. The van der Waals surface area contributed by atoms with Crippen LogP contribution in [-0.4, -0.2) is 45.1 Å². The molecule has 6 heteroatoms. The second kappa shape index (κ2) is 6.44. The average Bonchev–Trinajstić information content (AvgIpc) is 3.31. The van der Waals surface area contributed by atoms with Crippen LogP contribution in [0.15, 0.2) is 24.3 Å². The molecule has 1 heterocycles. The maximum Gasteiger partial charge on any atom is 0.218 e. The number of ether oxygens (including phenoxy) is 1. The molecule has 5 nitrogen and oxygen atoms in total. The molecule has 1 aliphatic carbocycles. The van der Waals surface area contributed by atoms with Crippen LogP contribution < -0.4 is 5.32 Å². The Morgan fingerprint density at radius 1 is 1.10 bits per heavy atom. The van der Waals surface area contributed by atoms with Crippen LogP contribution in [0.1, 0.15) is 24.0 Å². The third kappa shape index (κ3) is 4.26. The van der Waals surface area contributed by atoms with Crippen LogP contribution in [0.2, 0.25) is 0 Å². The summed E-state index contributed by atoms with van der Waals surface area (Å²) in [5, 5.41) is 3.45. The lowest BCUT2D eigenvalue weighted by molar-refractivity contribution is 0.0729. The molecule has 2 aliphatic rings. The Morgan fingerprint density at radius 2 is 1.71 bits per heavy atom. The monoisotopic (exact) mass is 310 g/mol. The molecule has 1 aromatic rings. The fourth-order valence-corrected chi connectivity index (χ4v) is 3.93. The second-order valence-electron chi connectivity index (χ2n) is 5.74. The molecule has 0 bridgehead atoms. The van der Waals surface area contributed by atoms with Gasteiger partial charge in [0.05, 0.1) is 19.0 Å². The smallest absolute Gasteiger partial charge is 0.218 e. The van der Waals surface area contributed by atoms with E-state index in [9.17, 15) is 8.42 Å². The van der Waals surface area contributed by atoms with E-state index >= 15 is 0 Å². The van der Waals surface area contributed by atoms with Gasteiger partial charge in [-0.3, -0.25) is 0 Å². The van der Waals surface area contributed by atoms with Crippen LogP contribution >= 0.6 is 0 Å². The van der Waals surface area contributed by atoms with Crippen molar-refractivity contribution in [2.45, 2.75) is 31.2 Å². The first-order valence-corrected chi connectivity index (χ1v) is 9.11. The van der Waals surface area contributed by atoms with Gasteiger partial charge in [0, 0.05) is 25.7 Å². The van der Waals surface area contributed by atoms with E-state index in [4.69, 9.17) is 4.74 Å². The highest BCUT2D eigenvalue weighted by atomic mass is 32.2. The number of nitrogens with one attached hydrogen (secondary N) is 1. The highest BCUT2D eigenvalue weighted by molar-refractivity contribution is 7.88. The first-order chi connectivity index (χ1) is 10.1. The van der Waals surface area contributed by atoms with E-state index in [1.54, 1.807) is 0 Å². The molecule has 2 fully saturated rings. The van der Waals surface area contributed by atoms with Crippen LogP contribution in [0.3, 0.4) is 0 Å². The molecule has 0 amide bonds. The summed E-state index contributed by atoms with van der Waals surface area (Å²) < 4.78 is 31.4. The average molecular weight is 310 g/mol. The van der Waals surface area contributed by atoms with Gasteiger partial charge in [0.15, 0.2) is 0 Å². The Balaban J connectivity index is 1.58. The lowest BCUT2D eigenvalue weighted by atomic mass is 10.1. The molecule has 3 rings (SSSR count). The highest BCUT2D eigenvalue weighted by Gasteiger charge is 2.24. The van der Waals surface area contributed by atoms with Crippen molar-refractivity contribution in [3.8, 4) is 0 Å². The Kier molecular flexibility index (Phi) is 4.59. The normalized spacial score (nSPS) is 20.6. The summed E-state index contributed by atoms with van der Waals surface area (Å²) >= 11 is 0. The molecular formula is C15H22N2O3S. The number of rotatable bonds is 6. The molecule has 1 N–H and O–H groups in total. The van der Waals surface area contributed by atoms with Crippen molar-refractivity contribution >= 4 is 10.0 Å². The molecular weight excluding hydrogens is 288 g/mol. The van der Waals surface area contributed by atoms with Gasteiger partial charge in [-0.05, 0) is 24.0 Å². The van der Waals surface area contributed by atoms with Crippen molar-refractivity contribution in [1.82, 2.24) is 9.62 Å². The molecule has 116 valence electrons. The van der Waals surface area contributed by atoms with Gasteiger partial charge in [-0.1, -0.05) is 24.3 Å². The van der Waals surface area contributed by atoms with E-state index < -0.39 is 10.0 Å². The minimum atomic E-state index is -3.23. The number of hydrogen-bond acceptors (Lipinski definition) is 4. The number of sulfonamides is 1. The van der Waals surface area contributed by atoms with Crippen molar-refractivity contribution in [3.05, 3.63) is 35.4 Å². The minimum Gasteiger partial charge on any atom is -0.379 e. The van der Waals surface area contributed by atoms with Crippen LogP contribution in [0.5, 0.6) is 0 Å². The predicted octanol–water partition coefficient (Wildman–Crippen LogP) is 1.10. The topological polar surface area (TPSA) is 58.6 Å². The molecule has 0 radical (unpaired) electrons. The first-order valence-electron chi connectivity index (χ1n) is 7.50. The molecule has 21 heavy (non-hydrogen) atoms. The summed E-state index contributed by atoms with van der Waals surface area (Å²) in [6.07, 6.45) is 2.55. The summed E-state index contributed by atoms with van der Waals surface area (Å²) in [5.41, 5.74) is 2.05. The zero-order chi connectivity index (χ0) is 14.7. The Morgan fingerprint density at radius 3 is 2.33 bits per heavy atom. The fourth-order valence-electron chi connectivity index (χ4n) is 2.43. The third-order valence-electron chi connectivity index (χ3n) is 3.91. The van der Waals surface area contributed by atoms with E-state index in [0.717, 1.165) is 12.1 Å². The van der Waals surface area contributed by atoms with Crippen molar-refractivity contribution in [2.75, 3.05) is 26.3 Å². The van der Waals surface area contributed by atoms with Crippen LogP contribution in [-0.2, 0) is 27.1 Å². The standard InChI is InChI=1S/C15H22N2O3S/c18-21(19,17-7-9-20-10-8-17)12-14-3-1-13(2-4-14)11-16-15-5-6-15/h1-4,15-16H,5-12H2. The van der Waals surface area contributed by atoms with Crippen molar-refractivity contribution < 1.29 is 13.2 Å². The van der Waals surface area contributed by atoms with Crippen molar-refractivity contribution in [1.29, 1.82) is 0 Å². The summed E-state index contributed by atoms with van der Waals surface area (Å²) in [6.45, 7) is 2.77. The summed E-state index contributed by atoms with van der Waals surface area (Å²) in [7, 11) is -3.23. The van der Waals surface area contributed by atoms with E-state index in [-0.39, 0.29) is 5.75 Å². The van der Waals surface area contributed by atoms with E-state index in [1.165, 1.54) is 22.7 Å². The van der Waals surface area contributed by atoms with E-state index in [2.05, 4.69) is 5.32 Å². The maximum absolute atomic E-state index is 12.3. The number of benzene rings is 1. The SMILES string of the molecule is O=S(=O)(Cc1ccc(CNC2CC2)cc1)N1CCOCC1. The lowest BCUT2D eigenvalue weighted by Crippen LogP contribution is -2.41. The molecule has 1 saturated carbocycles. The first kappa shape index (κ1) is 15.0. The van der Waals surface area contributed by atoms with Crippen LogP contribution in [0.4, 0.5) is 0 Å². The molecule has 0 aromatic heterocycles. The highest BCUT2D eigenvalue weighted by Crippen LogP contribution is 2.19. The Bertz CT molecular complexity index is 561. The van der Waals surface area contributed by atoms with E-state index in [0.29, 0.717) is 32.3 Å². The van der Waals surface area contributed by atoms with Gasteiger partial charge >= 0.3 is 0 Å². The largest absolute Gasteiger partial charge is 0.379 e. The summed E-state index contributed by atoms with van der Waals surface area (Å²) in [6, 6.07) is 8.55. The summed E-state index contributed by atoms with van der Waals surface area (Å²) in [5.74, 6) is 0.0728. The van der Waals surface area contributed by atoms with Crippen molar-refractivity contribution in [3.63, 3.8) is 0 Å². The van der Waals surface area contributed by atoms with Gasteiger partial charge in [0.25, 0.3) is 0 Å². The van der Waals surface area contributed by atoms with E-state index in [1.807, 2.05) is 24.3 Å². The van der Waals surface area contributed by atoms with Crippen molar-refractivity contribution in [2.24, 2.45) is 0 Å². The lowest BCUT2D eigenvalue weighted by Gasteiger charge is -2.26. The van der Waals surface area contributed by atoms with Crippen LogP contribution in [0.25, 0.3) is 0 Å². The van der Waals surface area contributed by atoms with Gasteiger partial charge < -0.3 is 10.1 Å². The second-order valence-corrected chi connectivity index (χ2v) is 7.71. The third-order valence-corrected chi connectivity index (χ3v) is 5.76. The summed E-state index contributed by atoms with van der Waals surface area (Å²) in [4.78, 5) is 0. The van der Waals surface area contributed by atoms with Gasteiger partial charge in [0.2, 0.25) is 10.0 Å². The zero-order valence-corrected chi connectivity index (χ0v) is 12.9. The zero-order valence-electron chi connectivity index (χ0n) is 12.1. The number of nitrogens with zero attached hydrogens (tertiary/aromatic N) is 1. The fraction of sp³-hybridized carbons (Fsp3) is 0.600. The predicted molar refractivity (Wildman–Crippen MR) is 81.3 cm³/mol. The Labute approximate surface area is 126 Å². The molecule has 0 spiro atoms. The quantitative estimate of drug-likeness (QED) is 0.855. The minimum absolute atomic E-state index is 0.0728. The number of hydrogen-bond donors (Lipinski definition) is 1.